The zero-order valence-electron chi connectivity index (χ0n) is 15.1. The van der Waals surface area contributed by atoms with E-state index in [1.165, 1.54) is 16.2 Å². The number of thiophene rings is 1. The molecule has 0 saturated carbocycles. The molecule has 0 bridgehead atoms. The maximum Gasteiger partial charge on any atom is 0.264 e. The van der Waals surface area contributed by atoms with Crippen molar-refractivity contribution >= 4 is 34.7 Å². The second-order valence-electron chi connectivity index (χ2n) is 6.20. The van der Waals surface area contributed by atoms with Crippen molar-refractivity contribution in [1.29, 1.82) is 0 Å². The smallest absolute Gasteiger partial charge is 0.264 e. The van der Waals surface area contributed by atoms with Crippen molar-refractivity contribution in [2.45, 2.75) is 26.8 Å². The number of rotatable bonds is 7. The van der Waals surface area contributed by atoms with Crippen LogP contribution in [0.1, 0.15) is 29.1 Å². The molecule has 2 aromatic rings. The molecule has 3 amide bonds. The summed E-state index contributed by atoms with van der Waals surface area (Å²) < 4.78 is 0. The predicted molar refractivity (Wildman–Crippen MR) is 103 cm³/mol. The van der Waals surface area contributed by atoms with Crippen molar-refractivity contribution in [3.8, 4) is 0 Å². The van der Waals surface area contributed by atoms with E-state index in [1.54, 1.807) is 24.3 Å². The molecule has 0 atom stereocenters. The molecule has 2 rings (SSSR count). The lowest BCUT2D eigenvalue weighted by atomic mass is 10.2. The fourth-order valence-corrected chi connectivity index (χ4v) is 2.94. The highest BCUT2D eigenvalue weighted by atomic mass is 32.1. The van der Waals surface area contributed by atoms with Crippen LogP contribution < -0.4 is 10.6 Å². The van der Waals surface area contributed by atoms with E-state index in [0.717, 1.165) is 5.56 Å². The third kappa shape index (κ3) is 5.70. The topological polar surface area (TPSA) is 78.5 Å². The number of nitrogens with one attached hydrogen (secondary N) is 2. The van der Waals surface area contributed by atoms with Gasteiger partial charge in [0.15, 0.2) is 0 Å². The highest BCUT2D eigenvalue weighted by molar-refractivity contribution is 7.12. The Balaban J connectivity index is 1.85. The number of carbonyl (C=O) groups is 3. The van der Waals surface area contributed by atoms with Gasteiger partial charge in [-0.3, -0.25) is 14.4 Å². The first-order valence-electron chi connectivity index (χ1n) is 8.34. The normalized spacial score (nSPS) is 10.5. The first-order chi connectivity index (χ1) is 12.4. The van der Waals surface area contributed by atoms with Gasteiger partial charge in [0.25, 0.3) is 5.91 Å². The van der Waals surface area contributed by atoms with E-state index in [0.29, 0.717) is 10.6 Å². The Bertz CT molecular complexity index is 755. The Morgan fingerprint density at radius 1 is 1.08 bits per heavy atom. The minimum atomic E-state index is -0.373. The van der Waals surface area contributed by atoms with Crippen molar-refractivity contribution in [2.24, 2.45) is 0 Å². The predicted octanol–water partition coefficient (Wildman–Crippen LogP) is 2.66. The quantitative estimate of drug-likeness (QED) is 0.783. The molecule has 1 heterocycles. The molecule has 7 heteroatoms. The molecule has 138 valence electrons. The molecule has 1 aromatic carbocycles. The molecular formula is C19H23N3O3S. The summed E-state index contributed by atoms with van der Waals surface area (Å²) in [5.41, 5.74) is 1.77. The fraction of sp³-hybridized carbons (Fsp3) is 0.316. The molecule has 0 fully saturated rings. The standard InChI is InChI=1S/C19H23N3O3S/c1-13(2)22(19(25)16-5-4-10-26-16)12-18(24)20-11-17(23)21-15-8-6-14(3)7-9-15/h4-10,13H,11-12H2,1-3H3,(H,20,24)(H,21,23). The van der Waals surface area contributed by atoms with Gasteiger partial charge in [0.2, 0.25) is 11.8 Å². The van der Waals surface area contributed by atoms with Gasteiger partial charge in [-0.1, -0.05) is 23.8 Å². The molecule has 1 aromatic heterocycles. The zero-order chi connectivity index (χ0) is 19.1. The van der Waals surface area contributed by atoms with Gasteiger partial charge >= 0.3 is 0 Å². The van der Waals surface area contributed by atoms with Crippen LogP contribution in [0.25, 0.3) is 0 Å². The lowest BCUT2D eigenvalue weighted by Crippen LogP contribution is -2.45. The molecule has 0 radical (unpaired) electrons. The molecular weight excluding hydrogens is 350 g/mol. The number of nitrogens with zero attached hydrogens (tertiary/aromatic N) is 1. The van der Waals surface area contributed by atoms with Crippen LogP contribution in [-0.4, -0.2) is 41.8 Å². The Morgan fingerprint density at radius 3 is 2.35 bits per heavy atom. The minimum absolute atomic E-state index is 0.0911. The van der Waals surface area contributed by atoms with Crippen LogP contribution in [-0.2, 0) is 9.59 Å². The van der Waals surface area contributed by atoms with E-state index in [-0.39, 0.29) is 36.9 Å². The molecule has 26 heavy (non-hydrogen) atoms. The summed E-state index contributed by atoms with van der Waals surface area (Å²) in [5, 5.41) is 7.09. The minimum Gasteiger partial charge on any atom is -0.345 e. The first kappa shape index (κ1) is 19.7. The van der Waals surface area contributed by atoms with Gasteiger partial charge in [-0.15, -0.1) is 11.3 Å². The molecule has 0 aliphatic carbocycles. The summed E-state index contributed by atoms with van der Waals surface area (Å²) in [6.07, 6.45) is 0. The number of anilines is 1. The summed E-state index contributed by atoms with van der Waals surface area (Å²) in [6.45, 7) is 5.42. The largest absolute Gasteiger partial charge is 0.345 e. The average Bonchev–Trinajstić information content (AvgIpc) is 3.13. The maximum absolute atomic E-state index is 12.5. The lowest BCUT2D eigenvalue weighted by Gasteiger charge is -2.25. The molecule has 0 unspecified atom stereocenters. The number of carbonyl (C=O) groups excluding carboxylic acids is 3. The Labute approximate surface area is 157 Å². The molecule has 0 spiro atoms. The summed E-state index contributed by atoms with van der Waals surface area (Å²) in [4.78, 5) is 38.6. The molecule has 6 nitrogen and oxygen atoms in total. The molecule has 0 aliphatic heterocycles. The number of aryl methyl sites for hydroxylation is 1. The third-order valence-electron chi connectivity index (χ3n) is 3.71. The summed E-state index contributed by atoms with van der Waals surface area (Å²) >= 11 is 1.34. The van der Waals surface area contributed by atoms with Crippen LogP contribution in [0.15, 0.2) is 41.8 Å². The van der Waals surface area contributed by atoms with Crippen LogP contribution in [0, 0.1) is 6.92 Å². The first-order valence-corrected chi connectivity index (χ1v) is 9.22. The Morgan fingerprint density at radius 2 is 1.77 bits per heavy atom. The third-order valence-corrected chi connectivity index (χ3v) is 4.57. The van der Waals surface area contributed by atoms with Crippen LogP contribution in [0.2, 0.25) is 0 Å². The highest BCUT2D eigenvalue weighted by Gasteiger charge is 2.22. The number of hydrogen-bond donors (Lipinski definition) is 2. The number of amides is 3. The molecule has 0 saturated heterocycles. The van der Waals surface area contributed by atoms with Crippen molar-refractivity contribution in [3.05, 3.63) is 52.2 Å². The van der Waals surface area contributed by atoms with Crippen molar-refractivity contribution in [1.82, 2.24) is 10.2 Å². The van der Waals surface area contributed by atoms with Gasteiger partial charge < -0.3 is 15.5 Å². The Kier molecular flexibility index (Phi) is 6.91. The van der Waals surface area contributed by atoms with Gasteiger partial charge in [-0.25, -0.2) is 0 Å². The maximum atomic E-state index is 12.5. The van der Waals surface area contributed by atoms with E-state index >= 15 is 0 Å². The van der Waals surface area contributed by atoms with E-state index in [9.17, 15) is 14.4 Å². The van der Waals surface area contributed by atoms with Crippen LogP contribution in [0.3, 0.4) is 0 Å². The fourth-order valence-electron chi connectivity index (χ4n) is 2.26. The van der Waals surface area contributed by atoms with Crippen LogP contribution in [0.5, 0.6) is 0 Å². The van der Waals surface area contributed by atoms with Gasteiger partial charge in [0, 0.05) is 11.7 Å². The molecule has 0 aliphatic rings. The second kappa shape index (κ2) is 9.15. The van der Waals surface area contributed by atoms with Gasteiger partial charge in [0.05, 0.1) is 11.4 Å². The lowest BCUT2D eigenvalue weighted by molar-refractivity contribution is -0.124. The van der Waals surface area contributed by atoms with Crippen molar-refractivity contribution in [3.63, 3.8) is 0 Å². The van der Waals surface area contributed by atoms with Crippen LogP contribution >= 0.6 is 11.3 Å². The van der Waals surface area contributed by atoms with E-state index in [4.69, 9.17) is 0 Å². The molecule has 2 N–H and O–H groups in total. The highest BCUT2D eigenvalue weighted by Crippen LogP contribution is 2.14. The van der Waals surface area contributed by atoms with Gasteiger partial charge in [0.1, 0.15) is 6.54 Å². The van der Waals surface area contributed by atoms with E-state index < -0.39 is 0 Å². The summed E-state index contributed by atoms with van der Waals surface area (Å²) in [7, 11) is 0. The monoisotopic (exact) mass is 373 g/mol. The van der Waals surface area contributed by atoms with Crippen LogP contribution in [0.4, 0.5) is 5.69 Å². The number of benzene rings is 1. The average molecular weight is 373 g/mol. The summed E-state index contributed by atoms with van der Waals surface area (Å²) in [5.74, 6) is -0.875. The number of hydrogen-bond acceptors (Lipinski definition) is 4. The SMILES string of the molecule is Cc1ccc(NC(=O)CNC(=O)CN(C(=O)c2cccs2)C(C)C)cc1. The zero-order valence-corrected chi connectivity index (χ0v) is 15.9. The van der Waals surface area contributed by atoms with Crippen molar-refractivity contribution < 1.29 is 14.4 Å². The van der Waals surface area contributed by atoms with E-state index in [2.05, 4.69) is 10.6 Å². The van der Waals surface area contributed by atoms with E-state index in [1.807, 2.05) is 38.3 Å². The summed E-state index contributed by atoms with van der Waals surface area (Å²) in [6, 6.07) is 10.8. The Hall–Kier alpha value is -2.67. The van der Waals surface area contributed by atoms with Gasteiger partial charge in [-0.05, 0) is 44.4 Å². The second-order valence-corrected chi connectivity index (χ2v) is 7.14. The van der Waals surface area contributed by atoms with Crippen molar-refractivity contribution in [2.75, 3.05) is 18.4 Å². The van der Waals surface area contributed by atoms with Gasteiger partial charge in [-0.2, -0.15) is 0 Å².